The zero-order valence-electron chi connectivity index (χ0n) is 14.7. The third-order valence-electron chi connectivity index (χ3n) is 5.04. The van der Waals surface area contributed by atoms with Gasteiger partial charge >= 0.3 is 0 Å². The first-order valence-electron chi connectivity index (χ1n) is 9.03. The van der Waals surface area contributed by atoms with Crippen molar-refractivity contribution in [3.05, 3.63) is 69.6 Å². The van der Waals surface area contributed by atoms with Gasteiger partial charge in [-0.2, -0.15) is 0 Å². The molecule has 0 radical (unpaired) electrons. The maximum Gasteiger partial charge on any atom is 0.251 e. The molecule has 4 nitrogen and oxygen atoms in total. The number of rotatable bonds is 5. The second-order valence-electron chi connectivity index (χ2n) is 6.95. The van der Waals surface area contributed by atoms with Crippen LogP contribution < -0.4 is 10.9 Å². The SMILES string of the molecule is CSc1ccc(/C(=C\[C@H]2CCC(=O)N2)c2ccc(C3CC3)c(=O)[nH]2)cc1. The van der Waals surface area contributed by atoms with E-state index in [1.165, 1.54) is 4.90 Å². The molecule has 2 fully saturated rings. The Bertz CT molecular complexity index is 910. The summed E-state index contributed by atoms with van der Waals surface area (Å²) in [6.45, 7) is 0. The maximum absolute atomic E-state index is 12.5. The Hall–Kier alpha value is -2.27. The second-order valence-corrected chi connectivity index (χ2v) is 7.83. The number of benzene rings is 1. The Kier molecular flexibility index (Phi) is 4.72. The van der Waals surface area contributed by atoms with Gasteiger partial charge in [0.05, 0.1) is 0 Å². The van der Waals surface area contributed by atoms with Gasteiger partial charge in [-0.15, -0.1) is 11.8 Å². The molecule has 1 aliphatic heterocycles. The van der Waals surface area contributed by atoms with Crippen LogP contribution in [0, 0.1) is 0 Å². The van der Waals surface area contributed by atoms with Crippen molar-refractivity contribution in [2.45, 2.75) is 42.5 Å². The molecule has 0 unspecified atom stereocenters. The summed E-state index contributed by atoms with van der Waals surface area (Å²) in [5.41, 5.74) is 3.70. The number of aromatic amines is 1. The molecule has 1 aromatic heterocycles. The lowest BCUT2D eigenvalue weighted by Crippen LogP contribution is -2.23. The molecule has 2 N–H and O–H groups in total. The zero-order valence-corrected chi connectivity index (χ0v) is 15.6. The van der Waals surface area contributed by atoms with Gasteiger partial charge in [-0.05, 0) is 55.2 Å². The summed E-state index contributed by atoms with van der Waals surface area (Å²) >= 11 is 1.70. The average Bonchev–Trinajstić information content (AvgIpc) is 3.41. The second kappa shape index (κ2) is 7.16. The Morgan fingerprint density at radius 1 is 1.08 bits per heavy atom. The summed E-state index contributed by atoms with van der Waals surface area (Å²) in [5, 5.41) is 2.99. The quantitative estimate of drug-likeness (QED) is 0.794. The summed E-state index contributed by atoms with van der Waals surface area (Å²) in [4.78, 5) is 28.3. The van der Waals surface area contributed by atoms with Crippen LogP contribution in [0.25, 0.3) is 5.57 Å². The highest BCUT2D eigenvalue weighted by molar-refractivity contribution is 7.98. The smallest absolute Gasteiger partial charge is 0.251 e. The van der Waals surface area contributed by atoms with Gasteiger partial charge in [0.25, 0.3) is 5.56 Å². The van der Waals surface area contributed by atoms with Crippen LogP contribution in [0.15, 0.2) is 52.2 Å². The first kappa shape index (κ1) is 17.2. The monoisotopic (exact) mass is 366 g/mol. The van der Waals surface area contributed by atoms with Crippen molar-refractivity contribution in [1.82, 2.24) is 10.3 Å². The molecule has 134 valence electrons. The lowest BCUT2D eigenvalue weighted by Gasteiger charge is -2.13. The summed E-state index contributed by atoms with van der Waals surface area (Å²) in [5.74, 6) is 0.510. The van der Waals surface area contributed by atoms with E-state index in [-0.39, 0.29) is 17.5 Å². The molecule has 1 aromatic carbocycles. The van der Waals surface area contributed by atoms with Gasteiger partial charge in [-0.1, -0.05) is 24.3 Å². The van der Waals surface area contributed by atoms with Gasteiger partial charge in [0.1, 0.15) is 0 Å². The minimum Gasteiger partial charge on any atom is -0.350 e. The van der Waals surface area contributed by atoms with E-state index in [1.807, 2.05) is 18.4 Å². The van der Waals surface area contributed by atoms with E-state index in [1.54, 1.807) is 11.8 Å². The van der Waals surface area contributed by atoms with Crippen LogP contribution in [0.5, 0.6) is 0 Å². The molecule has 4 rings (SSSR count). The van der Waals surface area contributed by atoms with E-state index < -0.39 is 0 Å². The van der Waals surface area contributed by atoms with E-state index in [4.69, 9.17) is 0 Å². The number of hydrogen-bond acceptors (Lipinski definition) is 3. The van der Waals surface area contributed by atoms with Crippen molar-refractivity contribution in [3.63, 3.8) is 0 Å². The van der Waals surface area contributed by atoms with Gasteiger partial charge in [-0.3, -0.25) is 9.59 Å². The largest absolute Gasteiger partial charge is 0.350 e. The molecule has 0 spiro atoms. The molecule has 1 aliphatic carbocycles. The zero-order chi connectivity index (χ0) is 18.1. The number of aromatic nitrogens is 1. The third kappa shape index (κ3) is 3.63. The Morgan fingerprint density at radius 2 is 1.85 bits per heavy atom. The highest BCUT2D eigenvalue weighted by atomic mass is 32.2. The molecule has 1 atom stereocenters. The molecule has 1 amide bonds. The number of carbonyl (C=O) groups is 1. The molecule has 0 bridgehead atoms. The summed E-state index contributed by atoms with van der Waals surface area (Å²) in [6.07, 6.45) is 7.67. The van der Waals surface area contributed by atoms with E-state index in [0.29, 0.717) is 12.3 Å². The lowest BCUT2D eigenvalue weighted by molar-refractivity contribution is -0.119. The van der Waals surface area contributed by atoms with Crippen LogP contribution in [-0.4, -0.2) is 23.2 Å². The fourth-order valence-corrected chi connectivity index (χ4v) is 3.84. The molecular weight excluding hydrogens is 344 g/mol. The summed E-state index contributed by atoms with van der Waals surface area (Å²) in [7, 11) is 0. The minimum absolute atomic E-state index is 0.00402. The number of pyridine rings is 1. The van der Waals surface area contributed by atoms with Crippen LogP contribution in [-0.2, 0) is 4.79 Å². The Labute approximate surface area is 157 Å². The minimum atomic E-state index is 0.00402. The van der Waals surface area contributed by atoms with Crippen LogP contribution in [0.2, 0.25) is 0 Å². The first-order chi connectivity index (χ1) is 12.6. The van der Waals surface area contributed by atoms with Crippen LogP contribution >= 0.6 is 11.8 Å². The fraction of sp³-hybridized carbons (Fsp3) is 0.333. The molecule has 26 heavy (non-hydrogen) atoms. The van der Waals surface area contributed by atoms with Crippen LogP contribution in [0.4, 0.5) is 0 Å². The first-order valence-corrected chi connectivity index (χ1v) is 10.3. The highest BCUT2D eigenvalue weighted by Gasteiger charge is 2.26. The van der Waals surface area contributed by atoms with E-state index in [9.17, 15) is 9.59 Å². The van der Waals surface area contributed by atoms with E-state index >= 15 is 0 Å². The van der Waals surface area contributed by atoms with Crippen LogP contribution in [0.1, 0.15) is 48.4 Å². The molecular formula is C21H22N2O2S. The van der Waals surface area contributed by atoms with Gasteiger partial charge < -0.3 is 10.3 Å². The predicted molar refractivity (Wildman–Crippen MR) is 106 cm³/mol. The lowest BCUT2D eigenvalue weighted by atomic mass is 9.98. The molecule has 5 heteroatoms. The predicted octanol–water partition coefficient (Wildman–Crippen LogP) is 3.68. The number of nitrogens with one attached hydrogen (secondary N) is 2. The van der Waals surface area contributed by atoms with Crippen molar-refractivity contribution in [3.8, 4) is 0 Å². The average molecular weight is 366 g/mol. The normalized spacial score (nSPS) is 20.3. The topological polar surface area (TPSA) is 62.0 Å². The van der Waals surface area contributed by atoms with Gasteiger partial charge in [0, 0.05) is 34.2 Å². The highest BCUT2D eigenvalue weighted by Crippen LogP contribution is 2.38. The van der Waals surface area contributed by atoms with Crippen molar-refractivity contribution < 1.29 is 4.79 Å². The maximum atomic E-state index is 12.5. The number of H-pyrrole nitrogens is 1. The van der Waals surface area contributed by atoms with Crippen molar-refractivity contribution in [1.29, 1.82) is 0 Å². The Balaban J connectivity index is 1.74. The number of carbonyl (C=O) groups excluding carboxylic acids is 1. The van der Waals surface area contributed by atoms with Crippen molar-refractivity contribution >= 4 is 23.2 Å². The van der Waals surface area contributed by atoms with Crippen molar-refractivity contribution in [2.75, 3.05) is 6.26 Å². The molecule has 1 saturated heterocycles. The summed E-state index contributed by atoms with van der Waals surface area (Å²) in [6, 6.07) is 12.3. The van der Waals surface area contributed by atoms with Crippen molar-refractivity contribution in [2.24, 2.45) is 0 Å². The van der Waals surface area contributed by atoms with Crippen LogP contribution in [0.3, 0.4) is 0 Å². The summed E-state index contributed by atoms with van der Waals surface area (Å²) < 4.78 is 0. The number of amides is 1. The standard InChI is InChI=1S/C21H22N2O2S/c1-26-16-7-4-14(5-8-16)18(12-15-6-11-20(24)22-15)19-10-9-17(13-2-3-13)21(25)23-19/h4-5,7-10,12-13,15H,2-3,6,11H2,1H3,(H,22,24)(H,23,25)/b18-12+/t15-/m1/s1. The number of hydrogen-bond donors (Lipinski definition) is 2. The molecule has 2 heterocycles. The molecule has 2 aromatic rings. The number of thioether (sulfide) groups is 1. The van der Waals surface area contributed by atoms with Gasteiger partial charge in [0.15, 0.2) is 0 Å². The van der Waals surface area contributed by atoms with Gasteiger partial charge in [0.2, 0.25) is 5.91 Å². The molecule has 1 saturated carbocycles. The molecule has 2 aliphatic rings. The Morgan fingerprint density at radius 3 is 2.42 bits per heavy atom. The van der Waals surface area contributed by atoms with E-state index in [2.05, 4.69) is 40.6 Å². The van der Waals surface area contributed by atoms with E-state index in [0.717, 1.165) is 41.7 Å². The third-order valence-corrected chi connectivity index (χ3v) is 5.79. The fourth-order valence-electron chi connectivity index (χ4n) is 3.43. The van der Waals surface area contributed by atoms with Gasteiger partial charge in [-0.25, -0.2) is 0 Å².